The first-order valence-corrected chi connectivity index (χ1v) is 16.9. The lowest BCUT2D eigenvalue weighted by Gasteiger charge is -2.39. The van der Waals surface area contributed by atoms with Gasteiger partial charge in [0.15, 0.2) is 0 Å². The number of nitrogens with one attached hydrogen (secondary N) is 2. The molecule has 13 nitrogen and oxygen atoms in total. The summed E-state index contributed by atoms with van der Waals surface area (Å²) in [5.74, 6) is -0.661. The van der Waals surface area contributed by atoms with Crippen molar-refractivity contribution in [2.24, 2.45) is 0 Å². The van der Waals surface area contributed by atoms with Gasteiger partial charge in [0.05, 0.1) is 32.2 Å². The molecule has 2 atom stereocenters. The minimum Gasteiger partial charge on any atom is -0.443 e. The zero-order valence-corrected chi connectivity index (χ0v) is 27.6. The number of urea groups is 1. The molecule has 2 bridgehead atoms. The summed E-state index contributed by atoms with van der Waals surface area (Å²) in [5.41, 5.74) is 3.49. The highest BCUT2D eigenvalue weighted by atomic mass is 32.3. The summed E-state index contributed by atoms with van der Waals surface area (Å²) in [6.07, 6.45) is 10.7. The van der Waals surface area contributed by atoms with E-state index in [1.54, 1.807) is 20.8 Å². The number of carbonyl (C=O) groups excluding carboxylic acids is 3. The minimum absolute atomic E-state index is 0.0544. The maximum atomic E-state index is 12.2. The molecule has 2 heterocycles. The van der Waals surface area contributed by atoms with Crippen molar-refractivity contribution in [3.8, 4) is 0 Å². The van der Waals surface area contributed by atoms with E-state index in [-0.39, 0.29) is 19.4 Å². The van der Waals surface area contributed by atoms with Gasteiger partial charge < -0.3 is 14.1 Å². The average Bonchev–Trinajstić information content (AvgIpc) is 3.13. The van der Waals surface area contributed by atoms with Gasteiger partial charge in [-0.05, 0) is 59.3 Å². The number of unbranched alkanes of at least 4 members (excludes halogenated alkanes) is 4. The van der Waals surface area contributed by atoms with Gasteiger partial charge in [-0.2, -0.15) is 13.5 Å². The summed E-state index contributed by atoms with van der Waals surface area (Å²) >= 11 is 0. The molecule has 0 aromatic heterocycles. The highest BCUT2D eigenvalue weighted by molar-refractivity contribution is 7.80. The van der Waals surface area contributed by atoms with Crippen LogP contribution in [0.1, 0.15) is 113 Å². The Hall–Kier alpha value is -2.16. The van der Waals surface area contributed by atoms with Crippen LogP contribution in [0.4, 0.5) is 9.59 Å². The first kappa shape index (κ1) is 37.9. The molecule has 2 fully saturated rings. The highest BCUT2D eigenvalue weighted by Gasteiger charge is 2.49. The van der Waals surface area contributed by atoms with E-state index in [0.717, 1.165) is 4.90 Å². The predicted molar refractivity (Wildman–Crippen MR) is 160 cm³/mol. The molecule has 14 heteroatoms. The number of carbonyl (C=O) groups is 3. The molecule has 2 saturated heterocycles. The maximum Gasteiger partial charge on any atom is 0.426 e. The standard InChI is InChI=1S/C16H36N.C12H20N4O8S/c1-5-9-13-17(14-10-6-2,15-11-7-3)16-12-8-4;1-12(2,3)23-10(18)14-13-9(17)8-5-4-7-6-15(8)11(19)16(7)24-25(20,21)22/h5-16H2,1-4H3;7-8H,4-6H2,1-3H3,(H,13,17)(H,14,18)(H,20,21,22)/q+1;/t;7-,8+/m.1/s1. The number of quaternary nitrogens is 1. The quantitative estimate of drug-likeness (QED) is 0.137. The van der Waals surface area contributed by atoms with Crippen molar-refractivity contribution in [3.63, 3.8) is 0 Å². The van der Waals surface area contributed by atoms with Crippen LogP contribution in [0.5, 0.6) is 0 Å². The number of hydrogen-bond donors (Lipinski definition) is 3. The number of rotatable bonds is 15. The Kier molecular flexibility index (Phi) is 16.1. The van der Waals surface area contributed by atoms with Crippen molar-refractivity contribution in [2.75, 3.05) is 32.7 Å². The molecule has 2 aliphatic heterocycles. The molecule has 0 spiro atoms. The van der Waals surface area contributed by atoms with Gasteiger partial charge in [-0.1, -0.05) is 53.4 Å². The summed E-state index contributed by atoms with van der Waals surface area (Å²) in [6.45, 7) is 20.0. The largest absolute Gasteiger partial charge is 0.443 e. The van der Waals surface area contributed by atoms with E-state index in [2.05, 4.69) is 42.8 Å². The lowest BCUT2D eigenvalue weighted by atomic mass is 10.0. The second-order valence-corrected chi connectivity index (χ2v) is 13.3. The molecule has 2 rings (SSSR count). The zero-order chi connectivity index (χ0) is 32.0. The fourth-order valence-electron chi connectivity index (χ4n) is 5.25. The van der Waals surface area contributed by atoms with Crippen molar-refractivity contribution in [3.05, 3.63) is 0 Å². The van der Waals surface area contributed by atoms with Gasteiger partial charge in [0.25, 0.3) is 5.91 Å². The number of hydroxylamine groups is 2. The summed E-state index contributed by atoms with van der Waals surface area (Å²) in [6, 6.07) is -2.39. The summed E-state index contributed by atoms with van der Waals surface area (Å²) < 4.78 is 41.0. The molecule has 42 heavy (non-hydrogen) atoms. The third kappa shape index (κ3) is 13.4. The van der Waals surface area contributed by atoms with Gasteiger partial charge in [-0.25, -0.2) is 15.0 Å². The normalized spacial score (nSPS) is 18.8. The average molecular weight is 623 g/mol. The number of nitrogens with zero attached hydrogens (tertiary/aromatic N) is 3. The monoisotopic (exact) mass is 622 g/mol. The number of fused-ring (bicyclic) bond motifs is 2. The lowest BCUT2D eigenvalue weighted by Crippen LogP contribution is -2.54. The summed E-state index contributed by atoms with van der Waals surface area (Å²) in [5, 5.41) is 0.532. The summed E-state index contributed by atoms with van der Waals surface area (Å²) in [7, 11) is -4.85. The SMILES string of the molecule is CC(C)(C)OC(=O)NNC(=O)[C@@H]1CC[C@@H]2CN1C(=O)N2OS(=O)(=O)O.CCCC[N+](CCCC)(CCCC)CCCC. The van der Waals surface area contributed by atoms with Crippen LogP contribution in [-0.2, 0) is 24.2 Å². The van der Waals surface area contributed by atoms with Crippen molar-refractivity contribution in [1.82, 2.24) is 20.8 Å². The third-order valence-electron chi connectivity index (χ3n) is 7.43. The second kappa shape index (κ2) is 17.8. The lowest BCUT2D eigenvalue weighted by molar-refractivity contribution is -0.929. The van der Waals surface area contributed by atoms with Crippen LogP contribution >= 0.6 is 0 Å². The van der Waals surface area contributed by atoms with Gasteiger partial charge in [-0.15, -0.1) is 4.28 Å². The molecular formula is C28H56N5O8S+. The van der Waals surface area contributed by atoms with Crippen LogP contribution in [0.2, 0.25) is 0 Å². The van der Waals surface area contributed by atoms with Crippen molar-refractivity contribution in [2.45, 2.75) is 130 Å². The Morgan fingerprint density at radius 2 is 1.38 bits per heavy atom. The van der Waals surface area contributed by atoms with Crippen LogP contribution in [0, 0.1) is 0 Å². The van der Waals surface area contributed by atoms with E-state index < -0.39 is 46.1 Å². The molecular weight excluding hydrogens is 566 g/mol. The number of hydrazine groups is 1. The first-order valence-electron chi connectivity index (χ1n) is 15.5. The Bertz CT molecular complexity index is 919. The van der Waals surface area contributed by atoms with Crippen LogP contribution in [0.25, 0.3) is 0 Å². The molecule has 0 aromatic carbocycles. The maximum absolute atomic E-state index is 12.2. The van der Waals surface area contributed by atoms with Crippen molar-refractivity contribution in [1.29, 1.82) is 0 Å². The number of hydrogen-bond acceptors (Lipinski definition) is 7. The highest BCUT2D eigenvalue weighted by Crippen LogP contribution is 2.30. The van der Waals surface area contributed by atoms with E-state index in [0.29, 0.717) is 5.06 Å². The van der Waals surface area contributed by atoms with Crippen LogP contribution in [-0.4, -0.2) is 95.9 Å². The number of piperidine rings is 1. The fourth-order valence-corrected chi connectivity index (χ4v) is 5.64. The smallest absolute Gasteiger partial charge is 0.426 e. The Balaban J connectivity index is 0.000000456. The second-order valence-electron chi connectivity index (χ2n) is 12.3. The molecule has 0 aliphatic carbocycles. The van der Waals surface area contributed by atoms with Crippen molar-refractivity contribution < 1.29 is 40.9 Å². The molecule has 0 aromatic rings. The minimum atomic E-state index is -4.85. The van der Waals surface area contributed by atoms with Crippen LogP contribution < -0.4 is 10.9 Å². The Labute approximate surface area is 253 Å². The van der Waals surface area contributed by atoms with E-state index >= 15 is 0 Å². The number of amides is 4. The number of ether oxygens (including phenoxy) is 1. The molecule has 2 aliphatic rings. The van der Waals surface area contributed by atoms with Crippen molar-refractivity contribution >= 4 is 28.4 Å². The topological polar surface area (TPSA) is 155 Å². The molecule has 0 saturated carbocycles. The predicted octanol–water partition coefficient (Wildman–Crippen LogP) is 4.55. The third-order valence-corrected chi connectivity index (χ3v) is 7.78. The van der Waals surface area contributed by atoms with E-state index in [1.165, 1.54) is 82.0 Å². The van der Waals surface area contributed by atoms with Crippen LogP contribution in [0.3, 0.4) is 0 Å². The van der Waals surface area contributed by atoms with Gasteiger partial charge in [-0.3, -0.25) is 14.8 Å². The van der Waals surface area contributed by atoms with Gasteiger partial charge in [0.1, 0.15) is 11.6 Å². The van der Waals surface area contributed by atoms with E-state index in [4.69, 9.17) is 9.29 Å². The van der Waals surface area contributed by atoms with Gasteiger partial charge >= 0.3 is 22.5 Å². The molecule has 0 radical (unpaired) electrons. The van der Waals surface area contributed by atoms with Gasteiger partial charge in [0, 0.05) is 6.54 Å². The fraction of sp³-hybridized carbons (Fsp3) is 0.893. The molecule has 4 amide bonds. The Morgan fingerprint density at radius 3 is 1.79 bits per heavy atom. The van der Waals surface area contributed by atoms with Gasteiger partial charge in [0.2, 0.25) is 0 Å². The van der Waals surface area contributed by atoms with Crippen LogP contribution in [0.15, 0.2) is 0 Å². The Morgan fingerprint density at radius 1 is 0.905 bits per heavy atom. The summed E-state index contributed by atoms with van der Waals surface area (Å²) in [4.78, 5) is 37.0. The molecule has 3 N–H and O–H groups in total. The zero-order valence-electron chi connectivity index (χ0n) is 26.8. The van der Waals surface area contributed by atoms with E-state index in [1.807, 2.05) is 0 Å². The van der Waals surface area contributed by atoms with E-state index in [9.17, 15) is 22.8 Å². The first-order chi connectivity index (χ1) is 19.6. The molecule has 246 valence electrons. The molecule has 0 unspecified atom stereocenters.